The molecular formula is C18H14N2O6. The van der Waals surface area contributed by atoms with Gasteiger partial charge >= 0.3 is 5.97 Å². The van der Waals surface area contributed by atoms with E-state index < -0.39 is 15.8 Å². The van der Waals surface area contributed by atoms with Gasteiger partial charge in [0, 0.05) is 18.2 Å². The van der Waals surface area contributed by atoms with Crippen molar-refractivity contribution in [2.45, 2.75) is 0 Å². The van der Waals surface area contributed by atoms with E-state index in [1.807, 2.05) is 0 Å². The van der Waals surface area contributed by atoms with Crippen LogP contribution in [0.15, 0.2) is 60.2 Å². The van der Waals surface area contributed by atoms with Crippen molar-refractivity contribution in [1.29, 1.82) is 0 Å². The lowest BCUT2D eigenvalue weighted by molar-refractivity contribution is -0.385. The summed E-state index contributed by atoms with van der Waals surface area (Å²) in [7, 11) is 1.21. The van der Waals surface area contributed by atoms with Gasteiger partial charge < -0.3 is 4.74 Å². The smallest absolute Gasteiger partial charge is 0.337 e. The lowest BCUT2D eigenvalue weighted by atomic mass is 10.1. The van der Waals surface area contributed by atoms with E-state index in [1.54, 1.807) is 18.2 Å². The number of carbonyl (C=O) groups excluding carboxylic acids is 1. The van der Waals surface area contributed by atoms with Crippen LogP contribution in [0.25, 0.3) is 12.2 Å². The molecule has 26 heavy (non-hydrogen) atoms. The minimum atomic E-state index is -0.641. The number of non-ortho nitro benzene ring substituents is 1. The monoisotopic (exact) mass is 354 g/mol. The first-order chi connectivity index (χ1) is 12.4. The lowest BCUT2D eigenvalue weighted by Crippen LogP contribution is -2.02. The summed E-state index contributed by atoms with van der Waals surface area (Å²) in [6.45, 7) is 0. The Labute approximate surface area is 148 Å². The van der Waals surface area contributed by atoms with Crippen molar-refractivity contribution in [3.63, 3.8) is 0 Å². The maximum Gasteiger partial charge on any atom is 0.337 e. The fraction of sp³-hybridized carbons (Fsp3) is 0.0556. The van der Waals surface area contributed by atoms with Crippen LogP contribution in [0.4, 0.5) is 11.4 Å². The average Bonchev–Trinajstić information content (AvgIpc) is 2.64. The predicted octanol–water partition coefficient (Wildman–Crippen LogP) is 3.77. The van der Waals surface area contributed by atoms with Crippen LogP contribution < -0.4 is 0 Å². The average molecular weight is 354 g/mol. The molecular weight excluding hydrogens is 340 g/mol. The Morgan fingerprint density at radius 1 is 1.00 bits per heavy atom. The summed E-state index contributed by atoms with van der Waals surface area (Å²) in [6, 6.07) is 11.7. The first kappa shape index (κ1) is 18.5. The molecule has 0 unspecified atom stereocenters. The number of hydrogen-bond donors (Lipinski definition) is 0. The Hall–Kier alpha value is -3.81. The van der Waals surface area contributed by atoms with Gasteiger partial charge in [0.1, 0.15) is 0 Å². The molecule has 0 aromatic heterocycles. The number of para-hydroxylation sites is 1. The molecule has 0 aliphatic rings. The van der Waals surface area contributed by atoms with Crippen LogP contribution in [-0.2, 0) is 9.53 Å². The van der Waals surface area contributed by atoms with E-state index in [0.717, 1.165) is 0 Å². The third-order valence-corrected chi connectivity index (χ3v) is 3.42. The van der Waals surface area contributed by atoms with Crippen molar-refractivity contribution in [2.24, 2.45) is 0 Å². The van der Waals surface area contributed by atoms with E-state index in [2.05, 4.69) is 0 Å². The molecule has 0 heterocycles. The minimum Gasteiger partial charge on any atom is -0.465 e. The molecule has 0 spiro atoms. The highest BCUT2D eigenvalue weighted by atomic mass is 16.6. The van der Waals surface area contributed by atoms with Crippen LogP contribution in [0.2, 0.25) is 0 Å². The molecule has 2 rings (SSSR count). The zero-order chi connectivity index (χ0) is 19.1. The molecule has 8 nitrogen and oxygen atoms in total. The third-order valence-electron chi connectivity index (χ3n) is 3.42. The minimum absolute atomic E-state index is 0.0720. The van der Waals surface area contributed by atoms with Gasteiger partial charge in [0.25, 0.3) is 11.4 Å². The third kappa shape index (κ3) is 4.60. The summed E-state index contributed by atoms with van der Waals surface area (Å²) in [4.78, 5) is 32.6. The standard InChI is InChI=1S/C18H14N2O6/c1-26-18(21)15(12-13-6-10-16(11-7-13)19(22)23)9-8-14-4-2-3-5-17(14)20(24)25/h2-12H,1H3/b9-8+,15-12+. The molecule has 0 atom stereocenters. The summed E-state index contributed by atoms with van der Waals surface area (Å²) in [5, 5.41) is 21.7. The van der Waals surface area contributed by atoms with Gasteiger partial charge in [-0.1, -0.05) is 12.1 Å². The van der Waals surface area contributed by atoms with Crippen molar-refractivity contribution < 1.29 is 19.4 Å². The SMILES string of the molecule is COC(=O)C(/C=C/c1ccccc1[N+](=O)[O-])=C/c1ccc([N+](=O)[O-])cc1. The molecule has 132 valence electrons. The number of benzene rings is 2. The number of esters is 1. The summed E-state index contributed by atoms with van der Waals surface area (Å²) >= 11 is 0. The van der Waals surface area contributed by atoms with Crippen LogP contribution in [0, 0.1) is 20.2 Å². The molecule has 2 aromatic rings. The topological polar surface area (TPSA) is 113 Å². The number of rotatable bonds is 6. The summed E-state index contributed by atoms with van der Waals surface area (Å²) in [5.41, 5.74) is 0.847. The second-order valence-electron chi connectivity index (χ2n) is 5.09. The second kappa shape index (κ2) is 8.34. The fourth-order valence-corrected chi connectivity index (χ4v) is 2.14. The molecule has 0 N–H and O–H groups in total. The largest absolute Gasteiger partial charge is 0.465 e. The van der Waals surface area contributed by atoms with E-state index in [1.165, 1.54) is 55.7 Å². The van der Waals surface area contributed by atoms with Crippen molar-refractivity contribution in [3.05, 3.63) is 91.5 Å². The Kier molecular flexibility index (Phi) is 5.94. The van der Waals surface area contributed by atoms with Gasteiger partial charge in [-0.05, 0) is 42.0 Å². The van der Waals surface area contributed by atoms with Crippen molar-refractivity contribution in [3.8, 4) is 0 Å². The van der Waals surface area contributed by atoms with Crippen LogP contribution in [0.1, 0.15) is 11.1 Å². The zero-order valence-electron chi connectivity index (χ0n) is 13.7. The number of nitro groups is 2. The first-order valence-corrected chi connectivity index (χ1v) is 7.38. The Balaban J connectivity index is 2.38. The zero-order valence-corrected chi connectivity index (χ0v) is 13.7. The molecule has 8 heteroatoms. The predicted molar refractivity (Wildman–Crippen MR) is 95.2 cm³/mol. The van der Waals surface area contributed by atoms with Crippen LogP contribution in [-0.4, -0.2) is 22.9 Å². The van der Waals surface area contributed by atoms with E-state index in [0.29, 0.717) is 11.1 Å². The Morgan fingerprint density at radius 3 is 2.23 bits per heavy atom. The number of nitro benzene ring substituents is 2. The van der Waals surface area contributed by atoms with Gasteiger partial charge in [-0.15, -0.1) is 0 Å². The van der Waals surface area contributed by atoms with E-state index in [9.17, 15) is 25.0 Å². The number of carbonyl (C=O) groups is 1. The Morgan fingerprint density at radius 2 is 1.65 bits per heavy atom. The highest BCUT2D eigenvalue weighted by molar-refractivity contribution is 5.98. The van der Waals surface area contributed by atoms with Crippen molar-refractivity contribution in [2.75, 3.05) is 7.11 Å². The van der Waals surface area contributed by atoms with Gasteiger partial charge in [0.15, 0.2) is 0 Å². The number of nitrogens with zero attached hydrogens (tertiary/aromatic N) is 2. The molecule has 0 aliphatic carbocycles. The van der Waals surface area contributed by atoms with Gasteiger partial charge in [-0.3, -0.25) is 20.2 Å². The highest BCUT2D eigenvalue weighted by Crippen LogP contribution is 2.21. The summed E-state index contributed by atoms with van der Waals surface area (Å²) < 4.78 is 4.71. The fourth-order valence-electron chi connectivity index (χ4n) is 2.14. The normalized spacial score (nSPS) is 11.3. The summed E-state index contributed by atoms with van der Waals surface area (Å²) in [6.07, 6.45) is 4.31. The van der Waals surface area contributed by atoms with Crippen LogP contribution in [0.5, 0.6) is 0 Å². The molecule has 0 saturated heterocycles. The lowest BCUT2D eigenvalue weighted by Gasteiger charge is -2.02. The van der Waals surface area contributed by atoms with E-state index >= 15 is 0 Å². The quantitative estimate of drug-likeness (QED) is 0.256. The molecule has 0 bridgehead atoms. The Bertz CT molecular complexity index is 900. The van der Waals surface area contributed by atoms with Gasteiger partial charge in [-0.25, -0.2) is 4.79 Å². The maximum atomic E-state index is 11.9. The molecule has 0 radical (unpaired) electrons. The van der Waals surface area contributed by atoms with Crippen LogP contribution >= 0.6 is 0 Å². The van der Waals surface area contributed by atoms with Crippen molar-refractivity contribution in [1.82, 2.24) is 0 Å². The van der Waals surface area contributed by atoms with Gasteiger partial charge in [-0.2, -0.15) is 0 Å². The maximum absolute atomic E-state index is 11.9. The molecule has 0 saturated carbocycles. The molecule has 2 aromatic carbocycles. The van der Waals surface area contributed by atoms with E-state index in [4.69, 9.17) is 4.74 Å². The number of methoxy groups -OCH3 is 1. The molecule has 0 aliphatic heterocycles. The highest BCUT2D eigenvalue weighted by Gasteiger charge is 2.12. The van der Waals surface area contributed by atoms with Gasteiger partial charge in [0.05, 0.1) is 28.1 Å². The van der Waals surface area contributed by atoms with Crippen molar-refractivity contribution >= 4 is 29.5 Å². The number of ether oxygens (including phenoxy) is 1. The van der Waals surface area contributed by atoms with Gasteiger partial charge in [0.2, 0.25) is 0 Å². The molecule has 0 fully saturated rings. The second-order valence-corrected chi connectivity index (χ2v) is 5.09. The molecule has 0 amide bonds. The first-order valence-electron chi connectivity index (χ1n) is 7.38. The van der Waals surface area contributed by atoms with E-state index in [-0.39, 0.29) is 16.9 Å². The number of hydrogen-bond acceptors (Lipinski definition) is 6. The van der Waals surface area contributed by atoms with Crippen LogP contribution in [0.3, 0.4) is 0 Å². The summed E-state index contributed by atoms with van der Waals surface area (Å²) in [5.74, 6) is -0.641.